The number of aromatic nitrogens is 2. The maximum absolute atomic E-state index is 12.8. The van der Waals surface area contributed by atoms with Gasteiger partial charge in [-0.3, -0.25) is 4.79 Å². The number of carbonyl (C=O) groups is 2. The molecule has 0 saturated heterocycles. The molecule has 2 aromatic carbocycles. The highest BCUT2D eigenvalue weighted by Gasteiger charge is 2.72. The van der Waals surface area contributed by atoms with E-state index < -0.39 is 17.4 Å². The molecule has 1 unspecified atom stereocenters. The second-order valence-electron chi connectivity index (χ2n) is 8.36. The molecule has 3 aromatic rings. The van der Waals surface area contributed by atoms with E-state index in [0.29, 0.717) is 19.3 Å². The van der Waals surface area contributed by atoms with Gasteiger partial charge in [-0.25, -0.2) is 9.78 Å². The van der Waals surface area contributed by atoms with Crippen molar-refractivity contribution in [2.24, 2.45) is 12.5 Å². The third kappa shape index (κ3) is 2.68. The number of aryl methyl sites for hydroxylation is 1. The number of aliphatic carboxylic acids is 1. The standard InChI is InChI=1S/C22H22N4O3/c1-26-16-10-6-5-9-15(16)23-18(26)17(14-7-3-2-4-8-14)24-20(29)25-22-11-21(12-22,13-22)19(27)28/h2-10,17H,11-13H2,1H3,(H,27,28)(H2,24,25,29). The molecule has 3 saturated carbocycles. The van der Waals surface area contributed by atoms with E-state index in [0.717, 1.165) is 22.4 Å². The number of nitrogens with one attached hydrogen (secondary N) is 2. The minimum atomic E-state index is -0.761. The molecule has 3 fully saturated rings. The molecule has 1 aromatic heterocycles. The van der Waals surface area contributed by atoms with Crippen LogP contribution in [-0.2, 0) is 11.8 Å². The van der Waals surface area contributed by atoms with Crippen LogP contribution < -0.4 is 10.6 Å². The monoisotopic (exact) mass is 390 g/mol. The van der Waals surface area contributed by atoms with Crippen LogP contribution in [0.5, 0.6) is 0 Å². The summed E-state index contributed by atoms with van der Waals surface area (Å²) in [4.78, 5) is 28.9. The molecule has 2 bridgehead atoms. The number of hydrogen-bond donors (Lipinski definition) is 3. The molecule has 7 heteroatoms. The third-order valence-corrected chi connectivity index (χ3v) is 6.35. The number of amides is 2. The molecule has 3 aliphatic carbocycles. The predicted molar refractivity (Wildman–Crippen MR) is 107 cm³/mol. The van der Waals surface area contributed by atoms with E-state index in [-0.39, 0.29) is 11.6 Å². The SMILES string of the molecule is Cn1c(C(NC(=O)NC23CC(C(=O)O)(C2)C3)c2ccccc2)nc2ccccc21. The third-order valence-electron chi connectivity index (χ3n) is 6.35. The van der Waals surface area contributed by atoms with E-state index in [9.17, 15) is 14.7 Å². The molecular formula is C22H22N4O3. The fraction of sp³-hybridized carbons (Fsp3) is 0.318. The van der Waals surface area contributed by atoms with Crippen LogP contribution in [0.2, 0.25) is 0 Å². The average molecular weight is 390 g/mol. The van der Waals surface area contributed by atoms with Gasteiger partial charge in [-0.1, -0.05) is 42.5 Å². The molecule has 6 rings (SSSR count). The average Bonchev–Trinajstić information content (AvgIpc) is 2.99. The maximum Gasteiger partial charge on any atom is 0.316 e. The first-order valence-electron chi connectivity index (χ1n) is 9.70. The van der Waals surface area contributed by atoms with E-state index in [2.05, 4.69) is 10.6 Å². The Morgan fingerprint density at radius 3 is 2.38 bits per heavy atom. The fourth-order valence-corrected chi connectivity index (χ4v) is 4.92. The topological polar surface area (TPSA) is 96.2 Å². The number of para-hydroxylation sites is 2. The molecule has 1 atom stereocenters. The molecule has 148 valence electrons. The van der Waals surface area contributed by atoms with E-state index >= 15 is 0 Å². The molecule has 0 spiro atoms. The van der Waals surface area contributed by atoms with Gasteiger partial charge in [0.2, 0.25) is 0 Å². The lowest BCUT2D eigenvalue weighted by molar-refractivity contribution is -0.196. The Morgan fingerprint density at radius 2 is 1.72 bits per heavy atom. The van der Waals surface area contributed by atoms with Gasteiger partial charge in [0.1, 0.15) is 11.9 Å². The highest BCUT2D eigenvalue weighted by Crippen LogP contribution is 2.67. The number of carboxylic acid groups (broad SMARTS) is 1. The van der Waals surface area contributed by atoms with Crippen LogP contribution in [0, 0.1) is 5.41 Å². The van der Waals surface area contributed by atoms with E-state index in [1.165, 1.54) is 0 Å². The number of benzene rings is 2. The van der Waals surface area contributed by atoms with Crippen LogP contribution in [0.25, 0.3) is 11.0 Å². The second-order valence-corrected chi connectivity index (χ2v) is 8.36. The van der Waals surface area contributed by atoms with Gasteiger partial charge in [0.05, 0.1) is 16.4 Å². The van der Waals surface area contributed by atoms with E-state index in [1.807, 2.05) is 66.2 Å². The molecule has 7 nitrogen and oxygen atoms in total. The lowest BCUT2D eigenvalue weighted by Crippen LogP contribution is -2.77. The van der Waals surface area contributed by atoms with Gasteiger partial charge in [-0.2, -0.15) is 0 Å². The summed E-state index contributed by atoms with van der Waals surface area (Å²) in [5, 5.41) is 15.4. The minimum Gasteiger partial charge on any atom is -0.481 e. The molecule has 2 amide bonds. The number of imidazole rings is 1. The van der Waals surface area contributed by atoms with Crippen molar-refractivity contribution < 1.29 is 14.7 Å². The van der Waals surface area contributed by atoms with Crippen LogP contribution >= 0.6 is 0 Å². The van der Waals surface area contributed by atoms with Gasteiger partial charge in [0.15, 0.2) is 0 Å². The zero-order chi connectivity index (χ0) is 20.2. The second kappa shape index (κ2) is 6.07. The Balaban J connectivity index is 1.41. The van der Waals surface area contributed by atoms with Gasteiger partial charge in [0, 0.05) is 12.6 Å². The zero-order valence-corrected chi connectivity index (χ0v) is 16.1. The van der Waals surface area contributed by atoms with E-state index in [1.54, 1.807) is 0 Å². The Kier molecular flexibility index (Phi) is 3.71. The first kappa shape index (κ1) is 17.7. The number of carboxylic acids is 1. The summed E-state index contributed by atoms with van der Waals surface area (Å²) in [5.74, 6) is -0.0180. The van der Waals surface area contributed by atoms with Crippen molar-refractivity contribution in [3.63, 3.8) is 0 Å². The van der Waals surface area contributed by atoms with E-state index in [4.69, 9.17) is 4.98 Å². The Labute approximate surface area is 167 Å². The number of carbonyl (C=O) groups excluding carboxylic acids is 1. The van der Waals surface area contributed by atoms with Gasteiger partial charge in [-0.05, 0) is 37.0 Å². The van der Waals surface area contributed by atoms with Crippen LogP contribution in [-0.4, -0.2) is 32.2 Å². The zero-order valence-electron chi connectivity index (χ0n) is 16.1. The molecule has 29 heavy (non-hydrogen) atoms. The summed E-state index contributed by atoms with van der Waals surface area (Å²) in [5.41, 5.74) is 1.80. The Morgan fingerprint density at radius 1 is 1.07 bits per heavy atom. The van der Waals surface area contributed by atoms with Crippen LogP contribution in [0.15, 0.2) is 54.6 Å². The minimum absolute atomic E-state index is 0.301. The molecule has 0 aliphatic heterocycles. The number of rotatable bonds is 5. The summed E-state index contributed by atoms with van der Waals surface area (Å²) in [6, 6.07) is 16.9. The summed E-state index contributed by atoms with van der Waals surface area (Å²) < 4.78 is 1.99. The number of hydrogen-bond acceptors (Lipinski definition) is 3. The van der Waals surface area contributed by atoms with Crippen molar-refractivity contribution in [1.29, 1.82) is 0 Å². The molecular weight excluding hydrogens is 368 g/mol. The molecule has 3 aliphatic rings. The summed E-state index contributed by atoms with van der Waals surface area (Å²) in [6.07, 6.45) is 1.52. The van der Waals surface area contributed by atoms with Crippen molar-refractivity contribution in [3.8, 4) is 0 Å². The normalized spacial score (nSPS) is 25.6. The predicted octanol–water partition coefficient (Wildman–Crippen LogP) is 2.97. The fourth-order valence-electron chi connectivity index (χ4n) is 4.92. The van der Waals surface area contributed by atoms with Crippen molar-refractivity contribution in [2.45, 2.75) is 30.8 Å². The lowest BCUT2D eigenvalue weighted by Gasteiger charge is -2.67. The molecule has 1 heterocycles. The van der Waals surface area contributed by atoms with Crippen LogP contribution in [0.3, 0.4) is 0 Å². The van der Waals surface area contributed by atoms with Crippen molar-refractivity contribution in [1.82, 2.24) is 20.2 Å². The smallest absolute Gasteiger partial charge is 0.316 e. The number of fused-ring (bicyclic) bond motifs is 1. The van der Waals surface area contributed by atoms with Crippen molar-refractivity contribution in [2.75, 3.05) is 0 Å². The summed E-state index contributed by atoms with van der Waals surface area (Å²) >= 11 is 0. The molecule has 0 radical (unpaired) electrons. The first-order chi connectivity index (χ1) is 13.9. The Hall–Kier alpha value is -3.35. The van der Waals surface area contributed by atoms with Crippen molar-refractivity contribution in [3.05, 3.63) is 66.0 Å². The van der Waals surface area contributed by atoms with Crippen LogP contribution in [0.1, 0.15) is 36.7 Å². The number of nitrogens with zero attached hydrogens (tertiary/aromatic N) is 2. The summed E-state index contributed by atoms with van der Waals surface area (Å²) in [7, 11) is 1.94. The highest BCUT2D eigenvalue weighted by molar-refractivity contribution is 5.83. The maximum atomic E-state index is 12.8. The first-order valence-corrected chi connectivity index (χ1v) is 9.70. The largest absolute Gasteiger partial charge is 0.481 e. The number of urea groups is 1. The van der Waals surface area contributed by atoms with Gasteiger partial charge in [0.25, 0.3) is 0 Å². The van der Waals surface area contributed by atoms with Gasteiger partial charge in [-0.15, -0.1) is 0 Å². The van der Waals surface area contributed by atoms with Crippen LogP contribution in [0.4, 0.5) is 4.79 Å². The van der Waals surface area contributed by atoms with Gasteiger partial charge >= 0.3 is 12.0 Å². The summed E-state index contributed by atoms with van der Waals surface area (Å²) in [6.45, 7) is 0. The lowest BCUT2D eigenvalue weighted by atomic mass is 9.39. The quantitative estimate of drug-likeness (QED) is 0.624. The molecule has 3 N–H and O–H groups in total. The van der Waals surface area contributed by atoms with Gasteiger partial charge < -0.3 is 20.3 Å². The Bertz CT molecular complexity index is 1100. The highest BCUT2D eigenvalue weighted by atomic mass is 16.4. The van der Waals surface area contributed by atoms with Crippen molar-refractivity contribution >= 4 is 23.0 Å².